The molecule has 1 aliphatic carbocycles. The van der Waals surface area contributed by atoms with Crippen molar-refractivity contribution in [3.8, 4) is 11.5 Å². The van der Waals surface area contributed by atoms with E-state index in [9.17, 15) is 10.2 Å². The third kappa shape index (κ3) is 7.50. The van der Waals surface area contributed by atoms with Crippen LogP contribution in [0.25, 0.3) is 10.9 Å². The number of anilines is 1. The van der Waals surface area contributed by atoms with E-state index in [1.54, 1.807) is 12.3 Å². The number of para-hydroxylation sites is 1. The maximum absolute atomic E-state index is 10.2. The van der Waals surface area contributed by atoms with E-state index >= 15 is 0 Å². The Bertz CT molecular complexity index is 1150. The summed E-state index contributed by atoms with van der Waals surface area (Å²) in [6.07, 6.45) is 6.11. The quantitative estimate of drug-likeness (QED) is 0.359. The fourth-order valence-electron chi connectivity index (χ4n) is 5.75. The van der Waals surface area contributed by atoms with Crippen molar-refractivity contribution in [1.82, 2.24) is 14.8 Å². The summed E-state index contributed by atoms with van der Waals surface area (Å²) in [4.78, 5) is 12.1. The highest BCUT2D eigenvalue weighted by atomic mass is 35.5. The van der Waals surface area contributed by atoms with E-state index in [4.69, 9.17) is 0 Å². The lowest BCUT2D eigenvalue weighted by atomic mass is 9.87. The van der Waals surface area contributed by atoms with Gasteiger partial charge in [-0.1, -0.05) is 31.2 Å². The predicted octanol–water partition coefficient (Wildman–Crippen LogP) is 5.72. The van der Waals surface area contributed by atoms with Gasteiger partial charge in [-0.2, -0.15) is 0 Å². The Labute approximate surface area is 251 Å². The molecule has 3 aromatic rings. The van der Waals surface area contributed by atoms with Crippen molar-refractivity contribution in [3.05, 3.63) is 59.8 Å². The van der Waals surface area contributed by atoms with Gasteiger partial charge in [-0.15, -0.1) is 49.6 Å². The monoisotopic (exact) mass is 604 g/mol. The second-order valence-electron chi connectivity index (χ2n) is 9.68. The summed E-state index contributed by atoms with van der Waals surface area (Å²) in [6, 6.07) is 14.3. The van der Waals surface area contributed by atoms with Gasteiger partial charge in [0.2, 0.25) is 0 Å². The first-order valence-electron chi connectivity index (χ1n) is 12.7. The van der Waals surface area contributed by atoms with Gasteiger partial charge in [-0.3, -0.25) is 14.8 Å². The average Bonchev–Trinajstić information content (AvgIpc) is 2.87. The van der Waals surface area contributed by atoms with E-state index in [1.807, 2.05) is 18.2 Å². The number of pyridine rings is 1. The summed E-state index contributed by atoms with van der Waals surface area (Å²) in [5, 5.41) is 21.4. The van der Waals surface area contributed by atoms with Crippen LogP contribution in [0, 0.1) is 0 Å². The molecule has 2 aromatic carbocycles. The van der Waals surface area contributed by atoms with Crippen LogP contribution in [0.1, 0.15) is 30.9 Å². The van der Waals surface area contributed by atoms with E-state index in [2.05, 4.69) is 44.8 Å². The first-order chi connectivity index (χ1) is 16.6. The normalized spacial score (nSPS) is 17.0. The second-order valence-corrected chi connectivity index (χ2v) is 9.68. The summed E-state index contributed by atoms with van der Waals surface area (Å²) < 4.78 is 0. The predicted molar refractivity (Wildman–Crippen MR) is 167 cm³/mol. The molecule has 0 radical (unpaired) electrons. The van der Waals surface area contributed by atoms with Crippen LogP contribution >= 0.6 is 49.6 Å². The van der Waals surface area contributed by atoms with Crippen LogP contribution in [0.5, 0.6) is 11.5 Å². The lowest BCUT2D eigenvalue weighted by molar-refractivity contribution is 0.145. The SMILES string of the molecule is CCCN(CCN1CCN(c2ccnc3c(O)cccc23)CC1)[C@H]1CCc2c(O)cccc2C1.Cl.Cl.Cl.Cl. The van der Waals surface area contributed by atoms with Gasteiger partial charge in [0.05, 0.1) is 0 Å². The lowest BCUT2D eigenvalue weighted by Crippen LogP contribution is -2.50. The van der Waals surface area contributed by atoms with Gasteiger partial charge in [0.25, 0.3) is 0 Å². The van der Waals surface area contributed by atoms with E-state index < -0.39 is 0 Å². The topological polar surface area (TPSA) is 63.1 Å². The third-order valence-electron chi connectivity index (χ3n) is 7.60. The van der Waals surface area contributed by atoms with Crippen LogP contribution in [0.4, 0.5) is 5.69 Å². The zero-order valence-corrected chi connectivity index (χ0v) is 25.1. The first-order valence-corrected chi connectivity index (χ1v) is 12.7. The highest BCUT2D eigenvalue weighted by Gasteiger charge is 2.26. The molecular formula is C28H40Cl4N4O2. The molecule has 1 saturated heterocycles. The summed E-state index contributed by atoms with van der Waals surface area (Å²) in [6.45, 7) is 9.65. The molecule has 212 valence electrons. The molecule has 10 heteroatoms. The highest BCUT2D eigenvalue weighted by Crippen LogP contribution is 2.32. The molecule has 5 rings (SSSR count). The van der Waals surface area contributed by atoms with E-state index in [-0.39, 0.29) is 55.4 Å². The minimum Gasteiger partial charge on any atom is -0.508 e. The van der Waals surface area contributed by atoms with Gasteiger partial charge in [0.15, 0.2) is 0 Å². The molecule has 0 spiro atoms. The van der Waals surface area contributed by atoms with Crippen molar-refractivity contribution < 1.29 is 10.2 Å². The van der Waals surface area contributed by atoms with Gasteiger partial charge in [-0.05, 0) is 61.6 Å². The molecular weight excluding hydrogens is 566 g/mol. The Morgan fingerprint density at radius 3 is 2.34 bits per heavy atom. The number of rotatable bonds is 7. The lowest BCUT2D eigenvalue weighted by Gasteiger charge is -2.39. The second kappa shape index (κ2) is 15.8. The molecule has 0 saturated carbocycles. The van der Waals surface area contributed by atoms with Crippen LogP contribution < -0.4 is 4.90 Å². The number of hydrogen-bond acceptors (Lipinski definition) is 6. The highest BCUT2D eigenvalue weighted by molar-refractivity contribution is 5.95. The Morgan fingerprint density at radius 2 is 1.61 bits per heavy atom. The van der Waals surface area contributed by atoms with Crippen LogP contribution in [-0.4, -0.2) is 76.9 Å². The minimum absolute atomic E-state index is 0. The number of phenols is 2. The molecule has 1 fully saturated rings. The minimum atomic E-state index is 0. The standard InChI is InChI=1S/C28H36N4O2.4ClH/c1-2-13-31(22-9-10-23-21(20-22)5-3-7-26(23)33)17-14-30-15-18-32(19-16-30)25-11-12-29-28-24(25)6-4-8-27(28)34;;;;/h3-8,11-12,22,33-34H,2,9-10,13-20H2,1H3;4*1H/t22-;;;;/m0..../s1. The largest absolute Gasteiger partial charge is 0.508 e. The molecule has 1 aromatic heterocycles. The van der Waals surface area contributed by atoms with E-state index in [1.165, 1.54) is 12.0 Å². The van der Waals surface area contributed by atoms with Crippen LogP contribution in [0.15, 0.2) is 48.7 Å². The number of piperazine rings is 1. The zero-order valence-electron chi connectivity index (χ0n) is 21.8. The number of benzene rings is 2. The Hall–Kier alpha value is -1.67. The van der Waals surface area contributed by atoms with Crippen molar-refractivity contribution in [3.63, 3.8) is 0 Å². The van der Waals surface area contributed by atoms with Crippen LogP contribution in [0.3, 0.4) is 0 Å². The van der Waals surface area contributed by atoms with Gasteiger partial charge in [-0.25, -0.2) is 0 Å². The summed E-state index contributed by atoms with van der Waals surface area (Å²) in [7, 11) is 0. The van der Waals surface area contributed by atoms with Crippen molar-refractivity contribution in [1.29, 1.82) is 0 Å². The molecule has 1 aliphatic heterocycles. The molecule has 2 aliphatic rings. The van der Waals surface area contributed by atoms with Gasteiger partial charge < -0.3 is 15.1 Å². The van der Waals surface area contributed by atoms with Crippen molar-refractivity contribution >= 4 is 66.2 Å². The molecule has 6 nitrogen and oxygen atoms in total. The number of aromatic hydroxyl groups is 2. The van der Waals surface area contributed by atoms with Gasteiger partial charge in [0.1, 0.15) is 17.0 Å². The summed E-state index contributed by atoms with van der Waals surface area (Å²) in [5.74, 6) is 0.711. The number of halogens is 4. The number of phenolic OH excluding ortho intramolecular Hbond substituents is 2. The fourth-order valence-corrected chi connectivity index (χ4v) is 5.75. The van der Waals surface area contributed by atoms with Crippen molar-refractivity contribution in [2.24, 2.45) is 0 Å². The fraction of sp³-hybridized carbons (Fsp3) is 0.464. The molecule has 0 unspecified atom stereocenters. The van der Waals surface area contributed by atoms with Crippen LogP contribution in [-0.2, 0) is 12.8 Å². The maximum atomic E-state index is 10.2. The summed E-state index contributed by atoms with van der Waals surface area (Å²) in [5.41, 5.74) is 4.32. The van der Waals surface area contributed by atoms with E-state index in [0.29, 0.717) is 17.3 Å². The van der Waals surface area contributed by atoms with Crippen LogP contribution in [0.2, 0.25) is 0 Å². The van der Waals surface area contributed by atoms with Gasteiger partial charge >= 0.3 is 0 Å². The maximum Gasteiger partial charge on any atom is 0.141 e. The first kappa shape index (κ1) is 34.4. The third-order valence-corrected chi connectivity index (χ3v) is 7.60. The van der Waals surface area contributed by atoms with E-state index in [0.717, 1.165) is 81.7 Å². The smallest absolute Gasteiger partial charge is 0.141 e. The molecule has 38 heavy (non-hydrogen) atoms. The van der Waals surface area contributed by atoms with Gasteiger partial charge in [0, 0.05) is 62.6 Å². The van der Waals surface area contributed by atoms with Crippen molar-refractivity contribution in [2.45, 2.75) is 38.6 Å². The number of hydrogen-bond donors (Lipinski definition) is 2. The Kier molecular flexibility index (Phi) is 14.3. The average molecular weight is 606 g/mol. The number of fused-ring (bicyclic) bond motifs is 2. The molecule has 2 N–H and O–H groups in total. The molecule has 1 atom stereocenters. The van der Waals surface area contributed by atoms with Crippen molar-refractivity contribution in [2.75, 3.05) is 50.7 Å². The summed E-state index contributed by atoms with van der Waals surface area (Å²) >= 11 is 0. The molecule has 0 bridgehead atoms. The number of nitrogens with zero attached hydrogens (tertiary/aromatic N) is 4. The zero-order chi connectivity index (χ0) is 23.5. The Balaban J connectivity index is 0.00000180. The molecule has 0 amide bonds. The Morgan fingerprint density at radius 1 is 0.895 bits per heavy atom. The number of aromatic nitrogens is 1. The molecule has 2 heterocycles.